The number of methoxy groups -OCH3 is 1. The summed E-state index contributed by atoms with van der Waals surface area (Å²) in [5, 5.41) is 0. The number of H-pyrrole nitrogens is 1. The molecule has 0 unspecified atom stereocenters. The number of halogens is 3. The van der Waals surface area contributed by atoms with E-state index in [4.69, 9.17) is 14.5 Å². The molecule has 0 spiro atoms. The molecule has 188 valence electrons. The molecule has 0 amide bonds. The molecule has 1 aliphatic rings. The van der Waals surface area contributed by atoms with Crippen molar-refractivity contribution in [3.8, 4) is 22.8 Å². The molecule has 4 rings (SSSR count). The maximum atomic E-state index is 12.7. The second kappa shape index (κ2) is 9.91. The third-order valence-electron chi connectivity index (χ3n) is 6.92. The van der Waals surface area contributed by atoms with Crippen molar-refractivity contribution in [2.24, 2.45) is 11.3 Å². The number of rotatable bonds is 6. The van der Waals surface area contributed by atoms with Crippen LogP contribution >= 0.6 is 0 Å². The van der Waals surface area contributed by atoms with Gasteiger partial charge in [0.1, 0.15) is 12.4 Å². The zero-order valence-electron chi connectivity index (χ0n) is 20.6. The van der Waals surface area contributed by atoms with E-state index in [-0.39, 0.29) is 6.61 Å². The first-order valence-corrected chi connectivity index (χ1v) is 11.9. The maximum absolute atomic E-state index is 12.7. The second-order valence-corrected chi connectivity index (χ2v) is 10.3. The van der Waals surface area contributed by atoms with E-state index < -0.39 is 11.7 Å². The molecule has 0 saturated heterocycles. The van der Waals surface area contributed by atoms with E-state index in [0.717, 1.165) is 48.1 Å². The highest BCUT2D eigenvalue weighted by molar-refractivity contribution is 5.63. The number of alkyl halides is 3. The Morgan fingerprint density at radius 1 is 1.00 bits per heavy atom. The Morgan fingerprint density at radius 3 is 2.34 bits per heavy atom. The number of ether oxygens (including phenoxy) is 2. The summed E-state index contributed by atoms with van der Waals surface area (Å²) in [6.07, 6.45) is 3.04. The maximum Gasteiger partial charge on any atom is 0.417 e. The second-order valence-electron chi connectivity index (χ2n) is 10.3. The normalized spacial score (nSPS) is 18.9. The molecule has 35 heavy (non-hydrogen) atoms. The molecule has 1 aromatic carbocycles. The highest BCUT2D eigenvalue weighted by Gasteiger charge is 2.32. The van der Waals surface area contributed by atoms with Crippen molar-refractivity contribution < 1.29 is 22.6 Å². The Balaban J connectivity index is 1.41. The van der Waals surface area contributed by atoms with Gasteiger partial charge in [-0.25, -0.2) is 4.98 Å². The van der Waals surface area contributed by atoms with Gasteiger partial charge < -0.3 is 14.5 Å². The van der Waals surface area contributed by atoms with Crippen LogP contribution in [-0.2, 0) is 12.8 Å². The lowest BCUT2D eigenvalue weighted by atomic mass is 9.70. The Bertz CT molecular complexity index is 1130. The predicted octanol–water partition coefficient (Wildman–Crippen LogP) is 7.40. The zero-order chi connectivity index (χ0) is 25.2. The Hall–Kier alpha value is -3.03. The van der Waals surface area contributed by atoms with Gasteiger partial charge in [0.2, 0.25) is 0 Å². The standard InChI is InChI=1S/C27H32F3N3O2/c1-26(2,3)19-8-5-17(6-9-19)25-32-15-22(33-25)18-7-12-23(24(13-18)34-4)35-16-21-11-10-20(14-31-21)27(28,29)30/h7,10-15,17,19H,5-6,8-9,16H2,1-4H3,(H,32,33). The molecule has 2 aromatic heterocycles. The lowest BCUT2D eigenvalue weighted by molar-refractivity contribution is -0.137. The SMILES string of the molecule is COc1cc(-c2c[nH]c(C3CCC(C(C)(C)C)CC3)n2)ccc1OCc1ccc(C(F)(F)F)cn1. The number of aromatic nitrogens is 3. The molecule has 0 radical (unpaired) electrons. The van der Waals surface area contributed by atoms with Gasteiger partial charge in [-0.05, 0) is 67.3 Å². The molecule has 5 nitrogen and oxygen atoms in total. The van der Waals surface area contributed by atoms with E-state index in [1.807, 2.05) is 18.3 Å². The summed E-state index contributed by atoms with van der Waals surface area (Å²) in [5.41, 5.74) is 1.69. The molecule has 3 aromatic rings. The van der Waals surface area contributed by atoms with Crippen LogP contribution < -0.4 is 9.47 Å². The van der Waals surface area contributed by atoms with Crippen LogP contribution in [-0.4, -0.2) is 22.1 Å². The summed E-state index contributed by atoms with van der Waals surface area (Å²) >= 11 is 0. The Labute approximate surface area is 204 Å². The molecular weight excluding hydrogens is 455 g/mol. The van der Waals surface area contributed by atoms with Gasteiger partial charge in [-0.15, -0.1) is 0 Å². The van der Waals surface area contributed by atoms with Crippen molar-refractivity contribution in [2.75, 3.05) is 7.11 Å². The number of hydrogen-bond donors (Lipinski definition) is 1. The van der Waals surface area contributed by atoms with Crippen molar-refractivity contribution in [2.45, 2.75) is 65.2 Å². The van der Waals surface area contributed by atoms with Gasteiger partial charge in [0.25, 0.3) is 0 Å². The number of aromatic amines is 1. The topological polar surface area (TPSA) is 60.0 Å². The van der Waals surface area contributed by atoms with Gasteiger partial charge >= 0.3 is 6.18 Å². The van der Waals surface area contributed by atoms with E-state index in [1.54, 1.807) is 13.2 Å². The Kier molecular flexibility index (Phi) is 7.10. The minimum atomic E-state index is -4.41. The number of hydrogen-bond acceptors (Lipinski definition) is 4. The van der Waals surface area contributed by atoms with Crippen molar-refractivity contribution in [1.29, 1.82) is 0 Å². The first-order valence-electron chi connectivity index (χ1n) is 11.9. The van der Waals surface area contributed by atoms with Crippen molar-refractivity contribution in [3.63, 3.8) is 0 Å². The van der Waals surface area contributed by atoms with Crippen LogP contribution in [0.1, 0.15) is 69.5 Å². The molecule has 1 fully saturated rings. The number of nitrogens with zero attached hydrogens (tertiary/aromatic N) is 2. The summed E-state index contributed by atoms with van der Waals surface area (Å²) < 4.78 is 49.4. The van der Waals surface area contributed by atoms with E-state index in [0.29, 0.717) is 28.5 Å². The van der Waals surface area contributed by atoms with Gasteiger partial charge in [-0.2, -0.15) is 13.2 Å². The fraction of sp³-hybridized carbons (Fsp3) is 0.481. The number of imidazole rings is 1. The van der Waals surface area contributed by atoms with Crippen LogP contribution in [0.2, 0.25) is 0 Å². The van der Waals surface area contributed by atoms with E-state index in [2.05, 4.69) is 30.7 Å². The average molecular weight is 488 g/mol. The fourth-order valence-electron chi connectivity index (χ4n) is 4.70. The van der Waals surface area contributed by atoms with Crippen molar-refractivity contribution >= 4 is 0 Å². The van der Waals surface area contributed by atoms with Crippen molar-refractivity contribution in [3.05, 3.63) is 59.8 Å². The van der Waals surface area contributed by atoms with Crippen LogP contribution in [0.4, 0.5) is 13.2 Å². The van der Waals surface area contributed by atoms with Crippen molar-refractivity contribution in [1.82, 2.24) is 15.0 Å². The van der Waals surface area contributed by atoms with E-state index >= 15 is 0 Å². The fourth-order valence-corrected chi connectivity index (χ4v) is 4.70. The van der Waals surface area contributed by atoms with Crippen LogP contribution in [0.5, 0.6) is 11.5 Å². The summed E-state index contributed by atoms with van der Waals surface area (Å²) in [6.45, 7) is 7.00. The largest absolute Gasteiger partial charge is 0.493 e. The third-order valence-corrected chi connectivity index (χ3v) is 6.92. The van der Waals surface area contributed by atoms with Crippen LogP contribution in [0.3, 0.4) is 0 Å². The Morgan fingerprint density at radius 2 is 1.74 bits per heavy atom. The lowest BCUT2D eigenvalue weighted by Crippen LogP contribution is -2.25. The van der Waals surface area contributed by atoms with Crippen LogP contribution in [0.15, 0.2) is 42.7 Å². The number of nitrogens with one attached hydrogen (secondary N) is 1. The molecule has 1 aliphatic carbocycles. The molecule has 8 heteroatoms. The van der Waals surface area contributed by atoms with Gasteiger partial charge in [0, 0.05) is 23.9 Å². The van der Waals surface area contributed by atoms with Crippen LogP contribution in [0.25, 0.3) is 11.3 Å². The lowest BCUT2D eigenvalue weighted by Gasteiger charge is -2.36. The predicted molar refractivity (Wildman–Crippen MR) is 128 cm³/mol. The first kappa shape index (κ1) is 25.1. The van der Waals surface area contributed by atoms with Gasteiger partial charge in [0.15, 0.2) is 11.5 Å². The van der Waals surface area contributed by atoms with E-state index in [1.165, 1.54) is 18.9 Å². The highest BCUT2D eigenvalue weighted by Crippen LogP contribution is 2.43. The van der Waals surface area contributed by atoms with Gasteiger partial charge in [-0.1, -0.05) is 20.8 Å². The average Bonchev–Trinajstić information content (AvgIpc) is 3.32. The highest BCUT2D eigenvalue weighted by atomic mass is 19.4. The summed E-state index contributed by atoms with van der Waals surface area (Å²) in [6, 6.07) is 7.84. The molecule has 1 N–H and O–H groups in total. The molecule has 2 heterocycles. The smallest absolute Gasteiger partial charge is 0.417 e. The molecular formula is C27H32F3N3O2. The third kappa shape index (κ3) is 5.97. The zero-order valence-corrected chi connectivity index (χ0v) is 20.6. The molecule has 0 aliphatic heterocycles. The number of benzene rings is 1. The molecule has 1 saturated carbocycles. The minimum absolute atomic E-state index is 0.0254. The minimum Gasteiger partial charge on any atom is -0.493 e. The quantitative estimate of drug-likeness (QED) is 0.394. The molecule has 0 bridgehead atoms. The van der Waals surface area contributed by atoms with Crippen LogP contribution in [0, 0.1) is 11.3 Å². The number of pyridine rings is 1. The monoisotopic (exact) mass is 487 g/mol. The summed E-state index contributed by atoms with van der Waals surface area (Å²) in [5.74, 6) is 3.23. The van der Waals surface area contributed by atoms with Gasteiger partial charge in [-0.3, -0.25) is 4.98 Å². The molecule has 0 atom stereocenters. The summed E-state index contributed by atoms with van der Waals surface area (Å²) in [7, 11) is 1.55. The van der Waals surface area contributed by atoms with E-state index in [9.17, 15) is 13.2 Å². The summed E-state index contributed by atoms with van der Waals surface area (Å²) in [4.78, 5) is 12.1. The first-order chi connectivity index (χ1) is 16.5. The van der Waals surface area contributed by atoms with Gasteiger partial charge in [0.05, 0.1) is 24.1 Å².